The lowest BCUT2D eigenvalue weighted by Gasteiger charge is -2.01. The maximum absolute atomic E-state index is 11.0. The summed E-state index contributed by atoms with van der Waals surface area (Å²) in [5, 5.41) is 8.48. The van der Waals surface area contributed by atoms with Gasteiger partial charge in [0.2, 0.25) is 5.78 Å². The van der Waals surface area contributed by atoms with Gasteiger partial charge in [-0.25, -0.2) is 4.79 Å². The van der Waals surface area contributed by atoms with Crippen LogP contribution in [0.25, 0.3) is 0 Å². The Labute approximate surface area is 87.7 Å². The minimum atomic E-state index is -1.35. The molecule has 0 spiro atoms. The van der Waals surface area contributed by atoms with Gasteiger partial charge in [0.25, 0.3) is 0 Å². The van der Waals surface area contributed by atoms with E-state index < -0.39 is 11.8 Å². The number of carboxylic acids is 1. The fraction of sp³-hybridized carbons (Fsp3) is 0.333. The van der Waals surface area contributed by atoms with Gasteiger partial charge in [0, 0.05) is 6.42 Å². The van der Waals surface area contributed by atoms with Crippen molar-refractivity contribution in [3.63, 3.8) is 0 Å². The zero-order valence-corrected chi connectivity index (χ0v) is 8.27. The average molecular weight is 204 g/mol. The third-order valence-electron chi connectivity index (χ3n) is 2.60. The molecule has 0 unspecified atom stereocenters. The molecule has 2 rings (SSSR count). The van der Waals surface area contributed by atoms with Gasteiger partial charge >= 0.3 is 5.97 Å². The van der Waals surface area contributed by atoms with E-state index in [1.165, 1.54) is 18.4 Å². The van der Waals surface area contributed by atoms with E-state index in [1.54, 1.807) is 6.07 Å². The van der Waals surface area contributed by atoms with Crippen molar-refractivity contribution in [1.82, 2.24) is 0 Å². The van der Waals surface area contributed by atoms with Crippen LogP contribution in [0.3, 0.4) is 0 Å². The van der Waals surface area contributed by atoms with Crippen LogP contribution in [0.1, 0.15) is 29.9 Å². The second-order valence-electron chi connectivity index (χ2n) is 3.92. The van der Waals surface area contributed by atoms with Crippen molar-refractivity contribution >= 4 is 11.8 Å². The Hall–Kier alpha value is -1.64. The molecule has 0 heterocycles. The molecule has 0 radical (unpaired) electrons. The van der Waals surface area contributed by atoms with Crippen LogP contribution in [0, 0.1) is 0 Å². The molecule has 1 aliphatic rings. The summed E-state index contributed by atoms with van der Waals surface area (Å²) < 4.78 is 0. The maximum Gasteiger partial charge on any atom is 0.372 e. The summed E-state index contributed by atoms with van der Waals surface area (Å²) in [6, 6.07) is 7.66. The van der Waals surface area contributed by atoms with Gasteiger partial charge in [0.1, 0.15) is 0 Å². The summed E-state index contributed by atoms with van der Waals surface area (Å²) >= 11 is 0. The van der Waals surface area contributed by atoms with Crippen LogP contribution in [-0.2, 0) is 16.0 Å². The highest BCUT2D eigenvalue weighted by molar-refractivity contribution is 6.33. The van der Waals surface area contributed by atoms with E-state index >= 15 is 0 Å². The number of carbonyl (C=O) groups is 2. The lowest BCUT2D eigenvalue weighted by molar-refractivity contribution is -0.148. The van der Waals surface area contributed by atoms with E-state index in [9.17, 15) is 9.59 Å². The first kappa shape index (κ1) is 9.90. The Kier molecular flexibility index (Phi) is 2.54. The molecule has 0 amide bonds. The van der Waals surface area contributed by atoms with Crippen LogP contribution < -0.4 is 0 Å². The Morgan fingerprint density at radius 2 is 2.07 bits per heavy atom. The molecular formula is C12H12O3. The number of hydrogen-bond donors (Lipinski definition) is 1. The van der Waals surface area contributed by atoms with Crippen LogP contribution >= 0.6 is 0 Å². The van der Waals surface area contributed by atoms with Crippen molar-refractivity contribution in [2.24, 2.45) is 0 Å². The number of aliphatic carboxylic acids is 1. The molecule has 3 heteroatoms. The van der Waals surface area contributed by atoms with Crippen molar-refractivity contribution in [2.75, 3.05) is 0 Å². The molecule has 1 aromatic carbocycles. The van der Waals surface area contributed by atoms with Gasteiger partial charge in [-0.3, -0.25) is 4.79 Å². The Morgan fingerprint density at radius 3 is 2.67 bits per heavy atom. The number of rotatable bonds is 4. The van der Waals surface area contributed by atoms with Crippen LogP contribution in [0.4, 0.5) is 0 Å². The fourth-order valence-electron chi connectivity index (χ4n) is 1.63. The Bertz CT molecular complexity index is 405. The molecule has 15 heavy (non-hydrogen) atoms. The highest BCUT2D eigenvalue weighted by Crippen LogP contribution is 2.40. The molecule has 0 atom stereocenters. The first-order chi connectivity index (χ1) is 7.16. The maximum atomic E-state index is 11.0. The topological polar surface area (TPSA) is 54.4 Å². The largest absolute Gasteiger partial charge is 0.475 e. The second-order valence-corrected chi connectivity index (χ2v) is 3.92. The first-order valence-electron chi connectivity index (χ1n) is 5.02. The third kappa shape index (κ3) is 2.43. The Morgan fingerprint density at radius 1 is 1.33 bits per heavy atom. The molecule has 0 aliphatic heterocycles. The molecule has 0 saturated heterocycles. The fourth-order valence-corrected chi connectivity index (χ4v) is 1.63. The Balaban J connectivity index is 2.11. The van der Waals surface area contributed by atoms with Crippen molar-refractivity contribution in [2.45, 2.75) is 25.2 Å². The molecule has 0 aromatic heterocycles. The highest BCUT2D eigenvalue weighted by Gasteiger charge is 2.23. The highest BCUT2D eigenvalue weighted by atomic mass is 16.4. The van der Waals surface area contributed by atoms with Crippen molar-refractivity contribution < 1.29 is 14.7 Å². The van der Waals surface area contributed by atoms with E-state index in [4.69, 9.17) is 5.11 Å². The molecule has 1 saturated carbocycles. The summed E-state index contributed by atoms with van der Waals surface area (Å²) in [6.45, 7) is 0. The molecule has 1 aromatic rings. The normalized spacial score (nSPS) is 14.9. The van der Waals surface area contributed by atoms with Gasteiger partial charge < -0.3 is 5.11 Å². The van der Waals surface area contributed by atoms with Crippen LogP contribution in [0.5, 0.6) is 0 Å². The minimum absolute atomic E-state index is 0.00407. The van der Waals surface area contributed by atoms with E-state index in [0.717, 1.165) is 5.56 Å². The van der Waals surface area contributed by atoms with Crippen LogP contribution in [-0.4, -0.2) is 16.9 Å². The lowest BCUT2D eigenvalue weighted by atomic mass is 10.0. The van der Waals surface area contributed by atoms with Gasteiger partial charge in [-0.05, 0) is 29.9 Å². The monoisotopic (exact) mass is 204 g/mol. The zero-order valence-electron chi connectivity index (χ0n) is 8.27. The number of Topliss-reactive ketones (excluding diaryl/α,β-unsaturated/α-hetero) is 1. The predicted octanol–water partition coefficient (Wildman–Crippen LogP) is 1.76. The van der Waals surface area contributed by atoms with Crippen molar-refractivity contribution in [3.05, 3.63) is 35.4 Å². The van der Waals surface area contributed by atoms with Crippen LogP contribution in [0.2, 0.25) is 0 Å². The zero-order chi connectivity index (χ0) is 10.8. The summed E-state index contributed by atoms with van der Waals surface area (Å²) in [6.07, 6.45) is 2.41. The predicted molar refractivity (Wildman–Crippen MR) is 54.8 cm³/mol. The van der Waals surface area contributed by atoms with E-state index in [1.807, 2.05) is 18.2 Å². The van der Waals surface area contributed by atoms with E-state index in [2.05, 4.69) is 0 Å². The molecule has 78 valence electrons. The average Bonchev–Trinajstić information content (AvgIpc) is 3.01. The SMILES string of the molecule is O=C(O)C(=O)Cc1cccc(C2CC2)c1. The number of carboxylic acid groups (broad SMARTS) is 1. The molecule has 1 aliphatic carbocycles. The summed E-state index contributed by atoms with van der Waals surface area (Å²) in [5.74, 6) is -1.47. The summed E-state index contributed by atoms with van der Waals surface area (Å²) in [4.78, 5) is 21.4. The summed E-state index contributed by atoms with van der Waals surface area (Å²) in [7, 11) is 0. The van der Waals surface area contributed by atoms with Gasteiger partial charge in [-0.1, -0.05) is 24.3 Å². The third-order valence-corrected chi connectivity index (χ3v) is 2.60. The molecule has 1 fully saturated rings. The van der Waals surface area contributed by atoms with Gasteiger partial charge in [-0.15, -0.1) is 0 Å². The lowest BCUT2D eigenvalue weighted by Crippen LogP contribution is -2.15. The number of carbonyl (C=O) groups excluding carboxylic acids is 1. The minimum Gasteiger partial charge on any atom is -0.475 e. The number of ketones is 1. The van der Waals surface area contributed by atoms with Gasteiger partial charge in [0.15, 0.2) is 0 Å². The van der Waals surface area contributed by atoms with Crippen LogP contribution in [0.15, 0.2) is 24.3 Å². The second kappa shape index (κ2) is 3.85. The van der Waals surface area contributed by atoms with E-state index in [-0.39, 0.29) is 6.42 Å². The number of hydrogen-bond acceptors (Lipinski definition) is 2. The van der Waals surface area contributed by atoms with Crippen molar-refractivity contribution in [3.8, 4) is 0 Å². The smallest absolute Gasteiger partial charge is 0.372 e. The van der Waals surface area contributed by atoms with E-state index in [0.29, 0.717) is 5.92 Å². The standard InChI is InChI=1S/C12H12O3/c13-11(12(14)15)7-8-2-1-3-10(6-8)9-4-5-9/h1-3,6,9H,4-5,7H2,(H,14,15). The van der Waals surface area contributed by atoms with Gasteiger partial charge in [-0.2, -0.15) is 0 Å². The van der Waals surface area contributed by atoms with Crippen molar-refractivity contribution in [1.29, 1.82) is 0 Å². The van der Waals surface area contributed by atoms with Gasteiger partial charge in [0.05, 0.1) is 0 Å². The molecule has 1 N–H and O–H groups in total. The quantitative estimate of drug-likeness (QED) is 0.760. The number of benzene rings is 1. The summed E-state index contributed by atoms with van der Waals surface area (Å²) in [5.41, 5.74) is 2.03. The molecule has 3 nitrogen and oxygen atoms in total. The first-order valence-corrected chi connectivity index (χ1v) is 5.02. The molecular weight excluding hydrogens is 192 g/mol. The molecule has 0 bridgehead atoms.